The summed E-state index contributed by atoms with van der Waals surface area (Å²) in [6.07, 6.45) is 0.629. The largest absolute Gasteiger partial charge is 0.479 e. The molecule has 0 saturated carbocycles. The van der Waals surface area contributed by atoms with Gasteiger partial charge in [0.25, 0.3) is 0 Å². The summed E-state index contributed by atoms with van der Waals surface area (Å²) < 4.78 is 5.60. The van der Waals surface area contributed by atoms with E-state index < -0.39 is 11.5 Å². The van der Waals surface area contributed by atoms with Crippen molar-refractivity contribution in [2.24, 2.45) is 0 Å². The van der Waals surface area contributed by atoms with Crippen LogP contribution in [0.5, 0.6) is 0 Å². The van der Waals surface area contributed by atoms with Gasteiger partial charge in [-0.05, 0) is 24.1 Å². The van der Waals surface area contributed by atoms with E-state index in [1.807, 2.05) is 24.3 Å². The zero-order chi connectivity index (χ0) is 18.6. The molecule has 3 rings (SSSR count). The van der Waals surface area contributed by atoms with Crippen LogP contribution in [-0.4, -0.2) is 22.0 Å². The first-order valence-electron chi connectivity index (χ1n) is 8.49. The summed E-state index contributed by atoms with van der Waals surface area (Å²) in [6.45, 7) is 1.74. The molecule has 134 valence electrons. The Morgan fingerprint density at radius 2 is 1.81 bits per heavy atom. The lowest BCUT2D eigenvalue weighted by molar-refractivity contribution is -0.148. The number of para-hydroxylation sites is 2. The molecule has 1 aromatic heterocycles. The number of amides is 1. The summed E-state index contributed by atoms with van der Waals surface area (Å²) in [5, 5.41) is 12.5. The Labute approximate surface area is 150 Å². The number of carbonyl (C=O) groups excluding carboxylic acids is 1. The molecule has 0 radical (unpaired) electrons. The van der Waals surface area contributed by atoms with Gasteiger partial charge in [0.2, 0.25) is 5.91 Å². The van der Waals surface area contributed by atoms with Gasteiger partial charge in [-0.15, -0.1) is 0 Å². The highest BCUT2D eigenvalue weighted by atomic mass is 16.4. The van der Waals surface area contributed by atoms with Crippen molar-refractivity contribution < 1.29 is 19.1 Å². The number of fused-ring (bicyclic) bond motifs is 1. The average Bonchev–Trinajstić information content (AvgIpc) is 3.08. The van der Waals surface area contributed by atoms with Gasteiger partial charge in [-0.25, -0.2) is 9.78 Å². The maximum atomic E-state index is 12.4. The molecular weight excluding hydrogens is 332 g/mol. The van der Waals surface area contributed by atoms with Gasteiger partial charge in [-0.2, -0.15) is 0 Å². The topological polar surface area (TPSA) is 92.4 Å². The van der Waals surface area contributed by atoms with Crippen LogP contribution in [-0.2, 0) is 21.5 Å². The van der Waals surface area contributed by atoms with Crippen molar-refractivity contribution in [3.63, 3.8) is 0 Å². The van der Waals surface area contributed by atoms with Crippen LogP contribution in [0.3, 0.4) is 0 Å². The van der Waals surface area contributed by atoms with E-state index in [9.17, 15) is 14.7 Å². The lowest BCUT2D eigenvalue weighted by atomic mass is 9.87. The SMILES string of the molecule is CCC(NC(=O)CCc1nc2ccccc2o1)(C(=O)O)c1ccccc1. The Morgan fingerprint density at radius 1 is 1.12 bits per heavy atom. The lowest BCUT2D eigenvalue weighted by Crippen LogP contribution is -2.51. The van der Waals surface area contributed by atoms with Gasteiger partial charge in [0.15, 0.2) is 17.0 Å². The normalized spacial score (nSPS) is 13.3. The van der Waals surface area contributed by atoms with Crippen molar-refractivity contribution in [1.82, 2.24) is 10.3 Å². The predicted molar refractivity (Wildman–Crippen MR) is 96.5 cm³/mol. The fourth-order valence-electron chi connectivity index (χ4n) is 2.96. The molecule has 2 N–H and O–H groups in total. The second-order valence-electron chi connectivity index (χ2n) is 6.05. The maximum absolute atomic E-state index is 12.4. The number of aryl methyl sites for hydroxylation is 1. The molecule has 6 heteroatoms. The van der Waals surface area contributed by atoms with E-state index in [0.29, 0.717) is 23.5 Å². The van der Waals surface area contributed by atoms with Crippen molar-refractivity contribution in [1.29, 1.82) is 0 Å². The van der Waals surface area contributed by atoms with E-state index in [4.69, 9.17) is 4.42 Å². The Kier molecular flexibility index (Phi) is 5.02. The number of oxazole rings is 1. The van der Waals surface area contributed by atoms with Gasteiger partial charge < -0.3 is 14.8 Å². The molecule has 1 amide bonds. The number of nitrogens with one attached hydrogen (secondary N) is 1. The quantitative estimate of drug-likeness (QED) is 0.681. The van der Waals surface area contributed by atoms with Crippen molar-refractivity contribution in [3.8, 4) is 0 Å². The first-order valence-corrected chi connectivity index (χ1v) is 8.49. The Balaban J connectivity index is 1.73. The number of benzene rings is 2. The standard InChI is InChI=1S/C20H20N2O4/c1-2-20(19(24)25,14-8-4-3-5-9-14)22-17(23)12-13-18-21-15-10-6-7-11-16(15)26-18/h3-11H,2,12-13H2,1H3,(H,22,23)(H,24,25). The van der Waals surface area contributed by atoms with Crippen LogP contribution in [0, 0.1) is 0 Å². The Hall–Kier alpha value is -3.15. The average molecular weight is 352 g/mol. The van der Waals surface area contributed by atoms with Crippen molar-refractivity contribution in [2.45, 2.75) is 31.7 Å². The molecule has 0 aliphatic carbocycles. The molecule has 1 heterocycles. The van der Waals surface area contributed by atoms with Gasteiger partial charge >= 0.3 is 5.97 Å². The van der Waals surface area contributed by atoms with Crippen LogP contribution < -0.4 is 5.32 Å². The molecule has 0 spiro atoms. The minimum Gasteiger partial charge on any atom is -0.479 e. The van der Waals surface area contributed by atoms with Crippen LogP contribution in [0.2, 0.25) is 0 Å². The summed E-state index contributed by atoms with van der Waals surface area (Å²) in [7, 11) is 0. The highest BCUT2D eigenvalue weighted by Gasteiger charge is 2.40. The third-order valence-electron chi connectivity index (χ3n) is 4.42. The number of aliphatic carboxylic acids is 1. The predicted octanol–water partition coefficient (Wildman–Crippen LogP) is 3.27. The zero-order valence-corrected chi connectivity index (χ0v) is 14.4. The second-order valence-corrected chi connectivity index (χ2v) is 6.05. The van der Waals surface area contributed by atoms with Crippen LogP contribution in [0.15, 0.2) is 59.0 Å². The number of hydrogen-bond donors (Lipinski definition) is 2. The number of carbonyl (C=O) groups is 2. The van der Waals surface area contributed by atoms with Gasteiger partial charge in [-0.1, -0.05) is 49.4 Å². The Bertz CT molecular complexity index is 887. The van der Waals surface area contributed by atoms with Crippen LogP contribution in [0.4, 0.5) is 0 Å². The lowest BCUT2D eigenvalue weighted by Gasteiger charge is -2.30. The molecule has 26 heavy (non-hydrogen) atoms. The van der Waals surface area contributed by atoms with Gasteiger partial charge in [-0.3, -0.25) is 4.79 Å². The van der Waals surface area contributed by atoms with E-state index in [-0.39, 0.29) is 18.7 Å². The number of hydrogen-bond acceptors (Lipinski definition) is 4. The molecule has 0 saturated heterocycles. The molecule has 1 unspecified atom stereocenters. The van der Waals surface area contributed by atoms with Gasteiger partial charge in [0.05, 0.1) is 0 Å². The molecule has 2 aromatic carbocycles. The second kappa shape index (κ2) is 7.39. The van der Waals surface area contributed by atoms with E-state index >= 15 is 0 Å². The van der Waals surface area contributed by atoms with E-state index in [1.165, 1.54) is 0 Å². The third-order valence-corrected chi connectivity index (χ3v) is 4.42. The number of carboxylic acid groups (broad SMARTS) is 1. The number of nitrogens with zero attached hydrogens (tertiary/aromatic N) is 1. The highest BCUT2D eigenvalue weighted by Crippen LogP contribution is 2.26. The van der Waals surface area contributed by atoms with Crippen molar-refractivity contribution in [3.05, 3.63) is 66.1 Å². The molecule has 1 atom stereocenters. The molecule has 0 aliphatic rings. The molecular formula is C20H20N2O4. The number of aromatic nitrogens is 1. The summed E-state index contributed by atoms with van der Waals surface area (Å²) in [5.74, 6) is -0.986. The van der Waals surface area contributed by atoms with E-state index in [0.717, 1.165) is 5.52 Å². The van der Waals surface area contributed by atoms with Crippen molar-refractivity contribution in [2.75, 3.05) is 0 Å². The summed E-state index contributed by atoms with van der Waals surface area (Å²) >= 11 is 0. The summed E-state index contributed by atoms with van der Waals surface area (Å²) in [5.41, 5.74) is 0.506. The number of carboxylic acids is 1. The summed E-state index contributed by atoms with van der Waals surface area (Å²) in [4.78, 5) is 28.7. The maximum Gasteiger partial charge on any atom is 0.334 e. The Morgan fingerprint density at radius 3 is 2.46 bits per heavy atom. The molecule has 0 aliphatic heterocycles. The van der Waals surface area contributed by atoms with Crippen LogP contribution >= 0.6 is 0 Å². The first kappa shape index (κ1) is 17.7. The van der Waals surface area contributed by atoms with Crippen LogP contribution in [0.1, 0.15) is 31.2 Å². The highest BCUT2D eigenvalue weighted by molar-refractivity contribution is 5.88. The number of rotatable bonds is 7. The molecule has 0 fully saturated rings. The van der Waals surface area contributed by atoms with Gasteiger partial charge in [0.1, 0.15) is 5.52 Å². The van der Waals surface area contributed by atoms with E-state index in [2.05, 4.69) is 10.3 Å². The fraction of sp³-hybridized carbons (Fsp3) is 0.250. The minimum atomic E-state index is -1.44. The first-order chi connectivity index (χ1) is 12.5. The monoisotopic (exact) mass is 352 g/mol. The third kappa shape index (κ3) is 3.44. The van der Waals surface area contributed by atoms with E-state index in [1.54, 1.807) is 37.3 Å². The molecule has 3 aromatic rings. The van der Waals surface area contributed by atoms with Crippen LogP contribution in [0.25, 0.3) is 11.1 Å². The zero-order valence-electron chi connectivity index (χ0n) is 14.4. The van der Waals surface area contributed by atoms with Crippen molar-refractivity contribution >= 4 is 23.0 Å². The minimum absolute atomic E-state index is 0.0919. The molecule has 6 nitrogen and oxygen atoms in total. The molecule has 0 bridgehead atoms. The van der Waals surface area contributed by atoms with Gasteiger partial charge in [0, 0.05) is 12.8 Å². The fourth-order valence-corrected chi connectivity index (χ4v) is 2.96. The smallest absolute Gasteiger partial charge is 0.334 e. The summed E-state index contributed by atoms with van der Waals surface area (Å²) in [6, 6.07) is 16.1.